The number of carbonyl (C=O) groups is 2. The predicted octanol–water partition coefficient (Wildman–Crippen LogP) is 1.80. The van der Waals surface area contributed by atoms with Crippen LogP contribution in [-0.2, 0) is 19.6 Å². The fourth-order valence-corrected chi connectivity index (χ4v) is 4.13. The van der Waals surface area contributed by atoms with E-state index in [0.29, 0.717) is 34.2 Å². The Labute approximate surface area is 190 Å². The lowest BCUT2D eigenvalue weighted by molar-refractivity contribution is -0.124. The van der Waals surface area contributed by atoms with Crippen LogP contribution in [0, 0.1) is 0 Å². The summed E-state index contributed by atoms with van der Waals surface area (Å²) < 4.78 is 26.9. The van der Waals surface area contributed by atoms with Crippen molar-refractivity contribution in [2.75, 3.05) is 22.9 Å². The first-order chi connectivity index (χ1) is 15.7. The second kappa shape index (κ2) is 7.69. The standard InChI is InChI=1S/C22H22N6O4S/c1-27(33(2,31)32)17-5-3-4-13(9-17)18-11-19(24-16-6-7-16)28-21(25-18)15(12-23-28)8-14-10-20(29)26-22(14)30/h3-5,8-9,11-12,16,24H,6-7,10H2,1-2H3,(H,26,29,30)/b14-8+. The molecule has 0 spiro atoms. The van der Waals surface area contributed by atoms with Gasteiger partial charge in [-0.2, -0.15) is 9.61 Å². The van der Waals surface area contributed by atoms with Crippen molar-refractivity contribution in [2.24, 2.45) is 0 Å². The van der Waals surface area contributed by atoms with Gasteiger partial charge in [0.15, 0.2) is 5.65 Å². The van der Waals surface area contributed by atoms with E-state index < -0.39 is 15.9 Å². The molecule has 170 valence electrons. The molecule has 1 saturated heterocycles. The minimum atomic E-state index is -3.41. The Hall–Kier alpha value is -3.73. The molecular weight excluding hydrogens is 444 g/mol. The van der Waals surface area contributed by atoms with Crippen LogP contribution in [0.25, 0.3) is 23.0 Å². The van der Waals surface area contributed by atoms with Crippen LogP contribution >= 0.6 is 0 Å². The van der Waals surface area contributed by atoms with E-state index in [-0.39, 0.29) is 12.3 Å². The minimum absolute atomic E-state index is 0.0168. The molecule has 1 saturated carbocycles. The molecule has 2 aromatic heterocycles. The van der Waals surface area contributed by atoms with Crippen LogP contribution in [0.2, 0.25) is 0 Å². The second-order valence-electron chi connectivity index (χ2n) is 8.29. The maximum absolute atomic E-state index is 12.0. The number of sulfonamides is 1. The highest BCUT2D eigenvalue weighted by molar-refractivity contribution is 7.92. The van der Waals surface area contributed by atoms with Crippen molar-refractivity contribution in [2.45, 2.75) is 25.3 Å². The van der Waals surface area contributed by atoms with Gasteiger partial charge in [-0.05, 0) is 31.1 Å². The highest BCUT2D eigenvalue weighted by Crippen LogP contribution is 2.31. The number of benzene rings is 1. The molecule has 5 rings (SSSR count). The molecule has 1 aliphatic carbocycles. The Morgan fingerprint density at radius 2 is 2.03 bits per heavy atom. The lowest BCUT2D eigenvalue weighted by Gasteiger charge is -2.17. The van der Waals surface area contributed by atoms with Gasteiger partial charge in [0.2, 0.25) is 15.9 Å². The Morgan fingerprint density at radius 3 is 2.70 bits per heavy atom. The third-order valence-electron chi connectivity index (χ3n) is 5.66. The van der Waals surface area contributed by atoms with Crippen molar-refractivity contribution < 1.29 is 18.0 Å². The van der Waals surface area contributed by atoms with E-state index in [1.807, 2.05) is 12.1 Å². The highest BCUT2D eigenvalue weighted by Gasteiger charge is 2.26. The SMILES string of the molecule is CN(c1cccc(-c2cc(NC3CC3)n3ncc(/C=C4\CC(=O)NC4=O)c3n2)c1)S(C)(=O)=O. The van der Waals surface area contributed by atoms with Gasteiger partial charge in [0.1, 0.15) is 5.82 Å². The van der Waals surface area contributed by atoms with Gasteiger partial charge in [-0.25, -0.2) is 13.4 Å². The summed E-state index contributed by atoms with van der Waals surface area (Å²) in [5.41, 5.74) is 3.37. The Kier molecular flexibility index (Phi) is 4.93. The zero-order valence-corrected chi connectivity index (χ0v) is 18.9. The summed E-state index contributed by atoms with van der Waals surface area (Å²) in [6.45, 7) is 0. The number of carbonyl (C=O) groups excluding carboxylic acids is 2. The van der Waals surface area contributed by atoms with Crippen LogP contribution in [0.1, 0.15) is 24.8 Å². The zero-order valence-electron chi connectivity index (χ0n) is 18.1. The first-order valence-electron chi connectivity index (χ1n) is 10.4. The molecule has 2 aliphatic rings. The number of nitrogens with zero attached hydrogens (tertiary/aromatic N) is 4. The smallest absolute Gasteiger partial charge is 0.254 e. The quantitative estimate of drug-likeness (QED) is 0.419. The van der Waals surface area contributed by atoms with Gasteiger partial charge in [0.25, 0.3) is 5.91 Å². The number of nitrogens with one attached hydrogen (secondary N) is 2. The first-order valence-corrected chi connectivity index (χ1v) is 12.3. The Balaban J connectivity index is 1.63. The Bertz CT molecular complexity index is 1440. The normalized spacial score (nSPS) is 17.6. The van der Waals surface area contributed by atoms with Crippen LogP contribution in [0.15, 0.2) is 42.1 Å². The molecule has 3 aromatic rings. The van der Waals surface area contributed by atoms with E-state index in [2.05, 4.69) is 15.7 Å². The van der Waals surface area contributed by atoms with Crippen LogP contribution in [0.4, 0.5) is 11.5 Å². The number of rotatable bonds is 6. The summed E-state index contributed by atoms with van der Waals surface area (Å²) in [6, 6.07) is 9.35. The summed E-state index contributed by atoms with van der Waals surface area (Å²) in [5.74, 6) is -0.00131. The van der Waals surface area contributed by atoms with Crippen LogP contribution in [-0.4, -0.2) is 54.2 Å². The summed E-state index contributed by atoms with van der Waals surface area (Å²) >= 11 is 0. The first kappa shape index (κ1) is 21.1. The largest absolute Gasteiger partial charge is 0.367 e. The number of amides is 2. The molecule has 33 heavy (non-hydrogen) atoms. The van der Waals surface area contributed by atoms with Gasteiger partial charge >= 0.3 is 0 Å². The average molecular weight is 467 g/mol. The lowest BCUT2D eigenvalue weighted by atomic mass is 10.1. The summed E-state index contributed by atoms with van der Waals surface area (Å²) in [4.78, 5) is 28.4. The van der Waals surface area contributed by atoms with Crippen molar-refractivity contribution >= 4 is 45.1 Å². The predicted molar refractivity (Wildman–Crippen MR) is 124 cm³/mol. The molecule has 0 bridgehead atoms. The van der Waals surface area contributed by atoms with Gasteiger partial charge in [0.05, 0.1) is 30.3 Å². The maximum Gasteiger partial charge on any atom is 0.254 e. The van der Waals surface area contributed by atoms with Crippen LogP contribution in [0.5, 0.6) is 0 Å². The molecule has 2 fully saturated rings. The average Bonchev–Trinajstić information content (AvgIpc) is 3.40. The van der Waals surface area contributed by atoms with Gasteiger partial charge in [0, 0.05) is 35.9 Å². The third kappa shape index (κ3) is 4.19. The fraction of sp³-hybridized carbons (Fsp3) is 0.273. The molecule has 0 unspecified atom stereocenters. The number of hydrogen-bond donors (Lipinski definition) is 2. The van der Waals surface area contributed by atoms with E-state index in [0.717, 1.165) is 30.5 Å². The summed E-state index contributed by atoms with van der Waals surface area (Å²) in [5, 5.41) is 10.2. The molecular formula is C22H22N6O4S. The monoisotopic (exact) mass is 466 g/mol. The Morgan fingerprint density at radius 1 is 1.24 bits per heavy atom. The molecule has 0 atom stereocenters. The minimum Gasteiger partial charge on any atom is -0.367 e. The molecule has 1 aromatic carbocycles. The third-order valence-corrected chi connectivity index (χ3v) is 6.86. The van der Waals surface area contributed by atoms with Gasteiger partial charge in [-0.1, -0.05) is 12.1 Å². The van der Waals surface area contributed by atoms with Crippen molar-refractivity contribution in [1.29, 1.82) is 0 Å². The van der Waals surface area contributed by atoms with E-state index in [1.54, 1.807) is 35.0 Å². The number of aromatic nitrogens is 3. The van der Waals surface area contributed by atoms with Crippen molar-refractivity contribution in [3.63, 3.8) is 0 Å². The summed E-state index contributed by atoms with van der Waals surface area (Å²) in [7, 11) is -1.91. The molecule has 10 nitrogen and oxygen atoms in total. The zero-order chi connectivity index (χ0) is 23.3. The number of anilines is 2. The van der Waals surface area contributed by atoms with Crippen molar-refractivity contribution in [3.8, 4) is 11.3 Å². The van der Waals surface area contributed by atoms with E-state index in [1.165, 1.54) is 11.4 Å². The van der Waals surface area contributed by atoms with Crippen LogP contribution in [0.3, 0.4) is 0 Å². The van der Waals surface area contributed by atoms with E-state index in [4.69, 9.17) is 4.98 Å². The van der Waals surface area contributed by atoms with E-state index in [9.17, 15) is 18.0 Å². The number of fused-ring (bicyclic) bond motifs is 1. The van der Waals surface area contributed by atoms with Gasteiger partial charge in [-0.3, -0.25) is 19.2 Å². The van der Waals surface area contributed by atoms with Crippen molar-refractivity contribution in [3.05, 3.63) is 47.7 Å². The fourth-order valence-electron chi connectivity index (χ4n) is 3.63. The lowest BCUT2D eigenvalue weighted by Crippen LogP contribution is -2.24. The van der Waals surface area contributed by atoms with Crippen LogP contribution < -0.4 is 14.9 Å². The number of hydrogen-bond acceptors (Lipinski definition) is 7. The number of imide groups is 1. The van der Waals surface area contributed by atoms with Gasteiger partial charge < -0.3 is 5.32 Å². The molecule has 2 amide bonds. The maximum atomic E-state index is 12.0. The topological polar surface area (TPSA) is 126 Å². The molecule has 3 heterocycles. The van der Waals surface area contributed by atoms with Crippen molar-refractivity contribution in [1.82, 2.24) is 19.9 Å². The summed E-state index contributed by atoms with van der Waals surface area (Å²) in [6.07, 6.45) is 6.54. The second-order valence-corrected chi connectivity index (χ2v) is 10.3. The molecule has 11 heteroatoms. The molecule has 1 aliphatic heterocycles. The van der Waals surface area contributed by atoms with E-state index >= 15 is 0 Å². The van der Waals surface area contributed by atoms with Gasteiger partial charge in [-0.15, -0.1) is 0 Å². The molecule has 0 radical (unpaired) electrons. The highest BCUT2D eigenvalue weighted by atomic mass is 32.2. The molecule has 2 N–H and O–H groups in total.